The largest absolute Gasteiger partial charge is 0.316 e. The molecule has 65 valence electrons. The summed E-state index contributed by atoms with van der Waals surface area (Å²) in [6, 6.07) is 6.18. The van der Waals surface area contributed by atoms with Crippen LogP contribution in [0.5, 0.6) is 0 Å². The number of hydrogen-bond acceptors (Lipinski definition) is 3. The summed E-state index contributed by atoms with van der Waals surface area (Å²) in [4.78, 5) is 31.4. The Kier molecular flexibility index (Phi) is 2.92. The van der Waals surface area contributed by atoms with Crippen molar-refractivity contribution >= 4 is 18.6 Å². The minimum absolute atomic E-state index is 0.167. The molecule has 0 fully saturated rings. The standard InChI is InChI=1S/C9H6NO3/c11-5-7-3-1-2-4-8(7)9(13)10-6-12/h1-5H,(H,10,12,13). The zero-order chi connectivity index (χ0) is 9.68. The summed E-state index contributed by atoms with van der Waals surface area (Å²) >= 11 is 0. The first-order chi connectivity index (χ1) is 6.29. The molecule has 13 heavy (non-hydrogen) atoms. The monoisotopic (exact) mass is 176 g/mol. The minimum Gasteiger partial charge on any atom is -0.298 e. The number of aldehydes is 1. The van der Waals surface area contributed by atoms with Crippen LogP contribution in [0.3, 0.4) is 0 Å². The van der Waals surface area contributed by atoms with E-state index in [0.29, 0.717) is 6.29 Å². The van der Waals surface area contributed by atoms with Gasteiger partial charge in [-0.1, -0.05) is 18.2 Å². The average Bonchev–Trinajstić information content (AvgIpc) is 2.18. The fourth-order valence-electron chi connectivity index (χ4n) is 0.920. The lowest BCUT2D eigenvalue weighted by Crippen LogP contribution is -2.22. The van der Waals surface area contributed by atoms with E-state index >= 15 is 0 Å². The molecule has 0 unspecified atom stereocenters. The van der Waals surface area contributed by atoms with Crippen molar-refractivity contribution in [3.63, 3.8) is 0 Å². The van der Waals surface area contributed by atoms with Gasteiger partial charge < -0.3 is 0 Å². The number of benzene rings is 1. The molecule has 0 aliphatic heterocycles. The number of rotatable bonds is 3. The lowest BCUT2D eigenvalue weighted by molar-refractivity contribution is 0.0970. The molecule has 0 heterocycles. The van der Waals surface area contributed by atoms with E-state index in [4.69, 9.17) is 0 Å². The Balaban J connectivity index is 3.05. The molecule has 4 heteroatoms. The fourth-order valence-corrected chi connectivity index (χ4v) is 0.920. The third kappa shape index (κ3) is 1.99. The molecule has 0 aliphatic rings. The number of imide groups is 1. The molecule has 4 nitrogen and oxygen atoms in total. The second-order valence-corrected chi connectivity index (χ2v) is 2.26. The molecule has 1 aromatic rings. The maximum atomic E-state index is 11.1. The molecule has 1 N–H and O–H groups in total. The molecule has 0 spiro atoms. The summed E-state index contributed by atoms with van der Waals surface area (Å²) in [5.41, 5.74) is 0.413. The van der Waals surface area contributed by atoms with Crippen LogP contribution in [0.1, 0.15) is 20.7 Å². The van der Waals surface area contributed by atoms with E-state index in [1.54, 1.807) is 12.1 Å². The predicted molar refractivity (Wildman–Crippen MR) is 45.0 cm³/mol. The summed E-state index contributed by atoms with van der Waals surface area (Å²) in [7, 11) is 0. The second-order valence-electron chi connectivity index (χ2n) is 2.26. The third-order valence-electron chi connectivity index (χ3n) is 1.50. The molecule has 0 atom stereocenters. The Morgan fingerprint density at radius 3 is 2.69 bits per heavy atom. The van der Waals surface area contributed by atoms with Gasteiger partial charge in [0, 0.05) is 5.56 Å². The van der Waals surface area contributed by atoms with Crippen LogP contribution in [0.4, 0.5) is 0 Å². The summed E-state index contributed by atoms with van der Waals surface area (Å²) in [5, 5.41) is 1.83. The van der Waals surface area contributed by atoms with Crippen molar-refractivity contribution in [2.24, 2.45) is 0 Å². The van der Waals surface area contributed by atoms with Crippen molar-refractivity contribution in [1.29, 1.82) is 0 Å². The first-order valence-corrected chi connectivity index (χ1v) is 3.51. The number of nitrogens with one attached hydrogen (secondary N) is 1. The SMILES string of the molecule is O=[C]NC(=O)c1ccccc1C=O. The third-order valence-corrected chi connectivity index (χ3v) is 1.50. The van der Waals surface area contributed by atoms with E-state index in [1.165, 1.54) is 18.5 Å². The van der Waals surface area contributed by atoms with Crippen LogP contribution in [-0.2, 0) is 4.79 Å². The quantitative estimate of drug-likeness (QED) is 0.532. The van der Waals surface area contributed by atoms with Gasteiger partial charge in [0.05, 0.1) is 5.56 Å². The maximum absolute atomic E-state index is 11.1. The van der Waals surface area contributed by atoms with Gasteiger partial charge in [-0.3, -0.25) is 19.7 Å². The van der Waals surface area contributed by atoms with Crippen molar-refractivity contribution in [3.05, 3.63) is 35.4 Å². The Morgan fingerprint density at radius 1 is 1.38 bits per heavy atom. The van der Waals surface area contributed by atoms with Gasteiger partial charge in [-0.15, -0.1) is 0 Å². The van der Waals surface area contributed by atoms with Crippen molar-refractivity contribution in [1.82, 2.24) is 5.32 Å². The van der Waals surface area contributed by atoms with Gasteiger partial charge in [0.1, 0.15) is 0 Å². The highest BCUT2D eigenvalue weighted by atomic mass is 16.2. The van der Waals surface area contributed by atoms with E-state index < -0.39 is 5.91 Å². The van der Waals surface area contributed by atoms with Gasteiger partial charge in [-0.25, -0.2) is 0 Å². The van der Waals surface area contributed by atoms with Crippen LogP contribution in [0, 0.1) is 0 Å². The first kappa shape index (κ1) is 9.12. The number of carbonyl (C=O) groups is 2. The highest BCUT2D eigenvalue weighted by Gasteiger charge is 2.08. The molecule has 0 aliphatic carbocycles. The van der Waals surface area contributed by atoms with Crippen LogP contribution in [0.15, 0.2) is 24.3 Å². The molecule has 0 bridgehead atoms. The van der Waals surface area contributed by atoms with Gasteiger partial charge in [0.2, 0.25) is 0 Å². The Morgan fingerprint density at radius 2 is 2.08 bits per heavy atom. The lowest BCUT2D eigenvalue weighted by Gasteiger charge is -1.99. The molecule has 1 rings (SSSR count). The molecule has 0 saturated carbocycles. The van der Waals surface area contributed by atoms with Crippen LogP contribution < -0.4 is 5.32 Å². The molecule has 0 saturated heterocycles. The molecule has 2 amide bonds. The van der Waals surface area contributed by atoms with Gasteiger partial charge in [0.15, 0.2) is 6.29 Å². The molecule has 1 radical (unpaired) electrons. The van der Waals surface area contributed by atoms with Crippen molar-refractivity contribution in [3.8, 4) is 0 Å². The van der Waals surface area contributed by atoms with E-state index in [9.17, 15) is 14.4 Å². The van der Waals surface area contributed by atoms with Crippen LogP contribution in [-0.4, -0.2) is 18.6 Å². The molecule has 1 aromatic carbocycles. The average molecular weight is 176 g/mol. The Labute approximate surface area is 74.6 Å². The first-order valence-electron chi connectivity index (χ1n) is 3.51. The Hall–Kier alpha value is -1.97. The van der Waals surface area contributed by atoms with Gasteiger partial charge in [-0.05, 0) is 6.07 Å². The fraction of sp³-hybridized carbons (Fsp3) is 0. The maximum Gasteiger partial charge on any atom is 0.316 e. The van der Waals surface area contributed by atoms with Gasteiger partial charge in [-0.2, -0.15) is 0 Å². The van der Waals surface area contributed by atoms with Crippen LogP contribution >= 0.6 is 0 Å². The molecular formula is C9H6NO3. The molecule has 0 aromatic heterocycles. The van der Waals surface area contributed by atoms with Crippen LogP contribution in [0.2, 0.25) is 0 Å². The molecular weight excluding hydrogens is 170 g/mol. The predicted octanol–water partition coefficient (Wildman–Crippen LogP) is 0.296. The van der Waals surface area contributed by atoms with E-state index in [1.807, 2.05) is 5.32 Å². The van der Waals surface area contributed by atoms with Crippen molar-refractivity contribution in [2.45, 2.75) is 0 Å². The lowest BCUT2D eigenvalue weighted by atomic mass is 10.1. The number of hydrogen-bond donors (Lipinski definition) is 1. The normalized spacial score (nSPS) is 8.92. The minimum atomic E-state index is -0.627. The number of amides is 2. The second kappa shape index (κ2) is 4.15. The Bertz CT molecular complexity index is 346. The summed E-state index contributed by atoms with van der Waals surface area (Å²) in [5.74, 6) is -0.627. The zero-order valence-corrected chi connectivity index (χ0v) is 6.61. The zero-order valence-electron chi connectivity index (χ0n) is 6.61. The summed E-state index contributed by atoms with van der Waals surface area (Å²) in [6.07, 6.45) is 1.81. The van der Waals surface area contributed by atoms with E-state index in [0.717, 1.165) is 0 Å². The van der Waals surface area contributed by atoms with Gasteiger partial charge >= 0.3 is 6.41 Å². The van der Waals surface area contributed by atoms with E-state index in [-0.39, 0.29) is 11.1 Å². The summed E-state index contributed by atoms with van der Waals surface area (Å²) in [6.45, 7) is 0. The highest BCUT2D eigenvalue weighted by Crippen LogP contribution is 2.05. The van der Waals surface area contributed by atoms with Crippen molar-refractivity contribution in [2.75, 3.05) is 0 Å². The van der Waals surface area contributed by atoms with Crippen LogP contribution in [0.25, 0.3) is 0 Å². The topological polar surface area (TPSA) is 63.2 Å². The van der Waals surface area contributed by atoms with Crippen molar-refractivity contribution < 1.29 is 14.4 Å². The van der Waals surface area contributed by atoms with Gasteiger partial charge in [0.25, 0.3) is 5.91 Å². The summed E-state index contributed by atoms with van der Waals surface area (Å²) < 4.78 is 0. The highest BCUT2D eigenvalue weighted by molar-refractivity contribution is 6.05. The number of carbonyl (C=O) groups excluding carboxylic acids is 3. The smallest absolute Gasteiger partial charge is 0.298 e. The van der Waals surface area contributed by atoms with E-state index in [2.05, 4.69) is 0 Å².